The molecular formula is C54H68NOPS. The molecule has 0 fully saturated rings. The monoisotopic (exact) mass is 809 g/mol. The van der Waals surface area contributed by atoms with Crippen LogP contribution < -0.4 is 26.0 Å². The van der Waals surface area contributed by atoms with E-state index in [1.54, 1.807) is 29.1 Å². The van der Waals surface area contributed by atoms with Gasteiger partial charge in [0.05, 0.1) is 7.11 Å². The standard InChI is InChI=1S/C54H68NOPS/c1-50(2,3)38-30-39(51(4,5)6)33-43(32-38)57(44-34-40(52(7,8)9)31-41(35-44)53(10,11)12)47-19-15-17-37-25-27-54(49(37)47)26-24-36-16-14-18-46(48(36)54)55-28-29-58-45-22-20-42(56-13)21-23-45/h14-23,30-35,55H,24-29H2,1-13H3/t54-/m1/s1. The van der Waals surface area contributed by atoms with E-state index in [0.29, 0.717) is 0 Å². The summed E-state index contributed by atoms with van der Waals surface area (Å²) >= 11 is 1.90. The van der Waals surface area contributed by atoms with Crippen molar-refractivity contribution in [2.45, 2.75) is 141 Å². The lowest BCUT2D eigenvalue weighted by molar-refractivity contribution is 0.414. The zero-order valence-electron chi connectivity index (χ0n) is 37.7. The fourth-order valence-corrected chi connectivity index (χ4v) is 12.7. The number of ether oxygens (including phenoxy) is 1. The molecule has 1 N–H and O–H groups in total. The highest BCUT2D eigenvalue weighted by atomic mass is 32.2. The lowest BCUT2D eigenvalue weighted by atomic mass is 9.76. The Morgan fingerprint density at radius 1 is 0.586 bits per heavy atom. The minimum absolute atomic E-state index is 0.0163. The normalized spacial score (nSPS) is 16.9. The Morgan fingerprint density at radius 3 is 1.52 bits per heavy atom. The van der Waals surface area contributed by atoms with E-state index in [-0.39, 0.29) is 27.1 Å². The third-order valence-electron chi connectivity index (χ3n) is 12.7. The molecule has 0 saturated carbocycles. The zero-order chi connectivity index (χ0) is 41.8. The summed E-state index contributed by atoms with van der Waals surface area (Å²) in [6.45, 7) is 29.5. The summed E-state index contributed by atoms with van der Waals surface area (Å²) in [4.78, 5) is 1.27. The number of thioether (sulfide) groups is 1. The number of nitrogens with one attached hydrogen (secondary N) is 1. The number of hydrogen-bond acceptors (Lipinski definition) is 3. The molecule has 0 amide bonds. The molecule has 5 aromatic carbocycles. The van der Waals surface area contributed by atoms with Crippen molar-refractivity contribution in [1.82, 2.24) is 0 Å². The molecule has 0 saturated heterocycles. The van der Waals surface area contributed by atoms with E-state index in [1.807, 2.05) is 11.8 Å². The predicted molar refractivity (Wildman–Crippen MR) is 256 cm³/mol. The van der Waals surface area contributed by atoms with Gasteiger partial charge in [-0.3, -0.25) is 0 Å². The van der Waals surface area contributed by atoms with Gasteiger partial charge in [-0.1, -0.05) is 150 Å². The zero-order valence-corrected chi connectivity index (χ0v) is 39.5. The number of anilines is 1. The molecule has 0 unspecified atom stereocenters. The van der Waals surface area contributed by atoms with E-state index in [4.69, 9.17) is 4.74 Å². The Balaban J connectivity index is 1.41. The summed E-state index contributed by atoms with van der Waals surface area (Å²) in [5.41, 5.74) is 13.4. The third kappa shape index (κ3) is 8.56. The highest BCUT2D eigenvalue weighted by Crippen LogP contribution is 2.56. The second-order valence-corrected chi connectivity index (χ2v) is 24.4. The molecule has 7 rings (SSSR count). The van der Waals surface area contributed by atoms with Crippen molar-refractivity contribution in [2.75, 3.05) is 24.7 Å². The molecule has 0 aromatic heterocycles. The van der Waals surface area contributed by atoms with Crippen molar-refractivity contribution >= 4 is 41.3 Å². The minimum Gasteiger partial charge on any atom is -0.497 e. The molecule has 2 nitrogen and oxygen atoms in total. The average Bonchev–Trinajstić information content (AvgIpc) is 3.73. The maximum Gasteiger partial charge on any atom is 0.118 e. The van der Waals surface area contributed by atoms with Crippen LogP contribution in [0.4, 0.5) is 5.69 Å². The van der Waals surface area contributed by atoms with E-state index in [2.05, 4.69) is 185 Å². The van der Waals surface area contributed by atoms with Gasteiger partial charge in [0.2, 0.25) is 0 Å². The van der Waals surface area contributed by atoms with Crippen LogP contribution in [0, 0.1) is 0 Å². The molecule has 1 spiro atoms. The van der Waals surface area contributed by atoms with Gasteiger partial charge in [0.25, 0.3) is 0 Å². The van der Waals surface area contributed by atoms with E-state index < -0.39 is 7.92 Å². The number of aryl methyl sites for hydroxylation is 2. The second kappa shape index (κ2) is 15.8. The maximum atomic E-state index is 5.39. The molecule has 0 radical (unpaired) electrons. The van der Waals surface area contributed by atoms with Gasteiger partial charge in [0.1, 0.15) is 5.75 Å². The summed E-state index contributed by atoms with van der Waals surface area (Å²) in [7, 11) is 0.808. The maximum absolute atomic E-state index is 5.39. The fraction of sp³-hybridized carbons (Fsp3) is 0.444. The van der Waals surface area contributed by atoms with Crippen LogP contribution >= 0.6 is 19.7 Å². The molecule has 4 heteroatoms. The number of fused-ring (bicyclic) bond motifs is 4. The van der Waals surface area contributed by atoms with Gasteiger partial charge in [-0.25, -0.2) is 0 Å². The Kier molecular flexibility index (Phi) is 11.6. The highest BCUT2D eigenvalue weighted by Gasteiger charge is 2.48. The van der Waals surface area contributed by atoms with Crippen LogP contribution in [0.15, 0.2) is 102 Å². The molecule has 0 heterocycles. The molecule has 1 atom stereocenters. The number of benzene rings is 5. The first kappa shape index (κ1) is 42.6. The van der Waals surface area contributed by atoms with Gasteiger partial charge in [-0.15, -0.1) is 11.8 Å². The molecule has 5 aromatic rings. The molecule has 2 aliphatic carbocycles. The summed E-state index contributed by atoms with van der Waals surface area (Å²) in [5.74, 6) is 1.90. The summed E-state index contributed by atoms with van der Waals surface area (Å²) in [5, 5.41) is 8.50. The topological polar surface area (TPSA) is 21.3 Å². The van der Waals surface area contributed by atoms with Crippen LogP contribution in [0.2, 0.25) is 0 Å². The van der Waals surface area contributed by atoms with Crippen LogP contribution in [0.5, 0.6) is 5.75 Å². The second-order valence-electron chi connectivity index (χ2n) is 21.1. The minimum atomic E-state index is -0.919. The van der Waals surface area contributed by atoms with E-state index in [0.717, 1.165) is 30.9 Å². The molecule has 58 heavy (non-hydrogen) atoms. The van der Waals surface area contributed by atoms with Gasteiger partial charge < -0.3 is 10.1 Å². The van der Waals surface area contributed by atoms with Crippen molar-refractivity contribution in [1.29, 1.82) is 0 Å². The van der Waals surface area contributed by atoms with Crippen molar-refractivity contribution in [3.8, 4) is 5.75 Å². The Bertz CT molecular complexity index is 2130. The lowest BCUT2D eigenvalue weighted by Crippen LogP contribution is -2.33. The fourth-order valence-electron chi connectivity index (χ4n) is 9.17. The Labute approximate surface area is 357 Å². The van der Waals surface area contributed by atoms with E-state index in [9.17, 15) is 0 Å². The molecule has 2 aliphatic rings. The lowest BCUT2D eigenvalue weighted by Gasteiger charge is -2.35. The van der Waals surface area contributed by atoms with Crippen LogP contribution in [-0.2, 0) is 39.9 Å². The van der Waals surface area contributed by atoms with Crippen LogP contribution in [0.3, 0.4) is 0 Å². The predicted octanol–water partition coefficient (Wildman–Crippen LogP) is 13.0. The first-order chi connectivity index (χ1) is 27.2. The van der Waals surface area contributed by atoms with Gasteiger partial charge >= 0.3 is 0 Å². The smallest absolute Gasteiger partial charge is 0.118 e. The van der Waals surface area contributed by atoms with Crippen molar-refractivity contribution in [3.63, 3.8) is 0 Å². The van der Waals surface area contributed by atoms with Gasteiger partial charge in [-0.05, 0) is 146 Å². The van der Waals surface area contributed by atoms with Crippen molar-refractivity contribution < 1.29 is 4.74 Å². The van der Waals surface area contributed by atoms with Crippen LogP contribution in [0.25, 0.3) is 0 Å². The number of hydrogen-bond donors (Lipinski definition) is 1. The summed E-state index contributed by atoms with van der Waals surface area (Å²) < 4.78 is 5.39. The van der Waals surface area contributed by atoms with Crippen molar-refractivity contribution in [3.05, 3.63) is 142 Å². The third-order valence-corrected chi connectivity index (χ3v) is 16.1. The van der Waals surface area contributed by atoms with Gasteiger partial charge in [-0.2, -0.15) is 0 Å². The first-order valence-electron chi connectivity index (χ1n) is 21.6. The SMILES string of the molecule is COc1ccc(SCCNc2cccc3c2[C@@]2(CC3)CCc3cccc(P(c4cc(C(C)(C)C)cc(C(C)(C)C)c4)c4cc(C(C)(C)C)cc(C(C)(C)C)c4)c32)cc1. The van der Waals surface area contributed by atoms with E-state index >= 15 is 0 Å². The largest absolute Gasteiger partial charge is 0.497 e. The quantitative estimate of drug-likeness (QED) is 0.0910. The molecule has 0 aliphatic heterocycles. The molecule has 306 valence electrons. The highest BCUT2D eigenvalue weighted by molar-refractivity contribution is 7.99. The molecular weight excluding hydrogens is 742 g/mol. The van der Waals surface area contributed by atoms with Gasteiger partial charge in [0.15, 0.2) is 0 Å². The van der Waals surface area contributed by atoms with Crippen molar-refractivity contribution in [2.24, 2.45) is 0 Å². The molecule has 0 bridgehead atoms. The average molecular weight is 810 g/mol. The Morgan fingerprint density at radius 2 is 1.05 bits per heavy atom. The van der Waals surface area contributed by atoms with Gasteiger partial charge in [0, 0.05) is 28.3 Å². The Hall–Kier alpha value is -3.52. The first-order valence-corrected chi connectivity index (χ1v) is 23.9. The number of rotatable bonds is 9. The van der Waals surface area contributed by atoms with E-state index in [1.165, 1.54) is 61.9 Å². The number of methoxy groups -OCH3 is 1. The summed E-state index contributed by atoms with van der Waals surface area (Å²) in [6.07, 6.45) is 4.58. The van der Waals surface area contributed by atoms with Crippen LogP contribution in [0.1, 0.15) is 140 Å². The van der Waals surface area contributed by atoms with Crippen LogP contribution in [-0.4, -0.2) is 19.4 Å². The summed E-state index contributed by atoms with van der Waals surface area (Å²) in [6, 6.07) is 38.3.